The lowest BCUT2D eigenvalue weighted by atomic mass is 10.2. The Labute approximate surface area is 135 Å². The molecule has 2 aromatic carbocycles. The third-order valence-corrected chi connectivity index (χ3v) is 2.40. The third-order valence-electron chi connectivity index (χ3n) is 2.40. The molecule has 5 nitrogen and oxygen atoms in total. The molecule has 0 bridgehead atoms. The summed E-state index contributed by atoms with van der Waals surface area (Å²) in [5.41, 5.74) is 6.61. The summed E-state index contributed by atoms with van der Waals surface area (Å²) in [7, 11) is 0. The summed E-state index contributed by atoms with van der Waals surface area (Å²) in [5, 5.41) is 0. The van der Waals surface area contributed by atoms with Crippen molar-refractivity contribution in [3.63, 3.8) is 0 Å². The zero-order valence-corrected chi connectivity index (χ0v) is 12.4. The first kappa shape index (κ1) is 17.5. The molecule has 0 atom stereocenters. The predicted octanol–water partition coefficient (Wildman–Crippen LogP) is 3.80. The Morgan fingerprint density at radius 3 is 1.87 bits per heavy atom. The molecular formula is C18H16N4O. The molecule has 0 spiro atoms. The van der Waals surface area contributed by atoms with Crippen molar-refractivity contribution < 1.29 is 4.79 Å². The van der Waals surface area contributed by atoms with Crippen LogP contribution in [-0.2, 0) is 0 Å². The number of nitrogens with zero attached hydrogens (tertiary/aromatic N) is 3. The van der Waals surface area contributed by atoms with E-state index < -0.39 is 0 Å². The molecule has 5 heteroatoms. The van der Waals surface area contributed by atoms with Gasteiger partial charge in [0, 0.05) is 18.0 Å². The highest BCUT2D eigenvalue weighted by atomic mass is 16.1. The van der Waals surface area contributed by atoms with Crippen molar-refractivity contribution in [1.82, 2.24) is 9.97 Å². The molecule has 0 aliphatic heterocycles. The molecule has 0 saturated carbocycles. The van der Waals surface area contributed by atoms with Crippen molar-refractivity contribution in [1.29, 1.82) is 0 Å². The number of nitrogen functional groups attached to an aromatic ring is 1. The van der Waals surface area contributed by atoms with Crippen LogP contribution in [0.25, 0.3) is 4.85 Å². The van der Waals surface area contributed by atoms with Crippen LogP contribution in [0.5, 0.6) is 0 Å². The highest BCUT2D eigenvalue weighted by molar-refractivity contribution is 5.74. The molecule has 3 aromatic rings. The van der Waals surface area contributed by atoms with Gasteiger partial charge >= 0.3 is 0 Å². The number of benzene rings is 2. The fourth-order valence-electron chi connectivity index (χ4n) is 1.34. The van der Waals surface area contributed by atoms with E-state index in [-0.39, 0.29) is 0 Å². The molecule has 0 saturated heterocycles. The van der Waals surface area contributed by atoms with E-state index in [1.165, 1.54) is 6.20 Å². The first-order chi connectivity index (χ1) is 11.3. The van der Waals surface area contributed by atoms with Gasteiger partial charge in [0.05, 0.1) is 12.8 Å². The SMILES string of the molecule is Nc1cnccn1.O=Cc1ccccc1.[C-]#[N+]c1ccccc1. The second-order valence-corrected chi connectivity index (χ2v) is 4.11. The minimum absolute atomic E-state index is 0.461. The number of rotatable bonds is 1. The fraction of sp³-hybridized carbons (Fsp3) is 0. The molecule has 0 amide bonds. The summed E-state index contributed by atoms with van der Waals surface area (Å²) >= 11 is 0. The first-order valence-corrected chi connectivity index (χ1v) is 6.70. The lowest BCUT2D eigenvalue weighted by Gasteiger charge is -1.82. The van der Waals surface area contributed by atoms with E-state index in [0.29, 0.717) is 11.5 Å². The summed E-state index contributed by atoms with van der Waals surface area (Å²) in [5.74, 6) is 0.461. The van der Waals surface area contributed by atoms with Crippen LogP contribution in [0.15, 0.2) is 79.3 Å². The number of anilines is 1. The predicted molar refractivity (Wildman–Crippen MR) is 91.0 cm³/mol. The minimum Gasteiger partial charge on any atom is -0.382 e. The first-order valence-electron chi connectivity index (χ1n) is 6.70. The van der Waals surface area contributed by atoms with E-state index in [2.05, 4.69) is 14.8 Å². The normalized spacial score (nSPS) is 8.30. The zero-order chi connectivity index (χ0) is 16.8. The van der Waals surface area contributed by atoms with E-state index in [9.17, 15) is 4.79 Å². The van der Waals surface area contributed by atoms with Crippen LogP contribution >= 0.6 is 0 Å². The number of hydrogen-bond acceptors (Lipinski definition) is 4. The maximum Gasteiger partial charge on any atom is 0.187 e. The summed E-state index contributed by atoms with van der Waals surface area (Å²) in [6.07, 6.45) is 5.46. The van der Waals surface area contributed by atoms with Gasteiger partial charge in [0.15, 0.2) is 5.69 Å². The summed E-state index contributed by atoms with van der Waals surface area (Å²) in [6.45, 7) is 6.57. The van der Waals surface area contributed by atoms with Crippen LogP contribution in [0.4, 0.5) is 11.5 Å². The van der Waals surface area contributed by atoms with Gasteiger partial charge in [-0.25, -0.2) is 9.83 Å². The standard InChI is InChI=1S/C7H5N.C7H6O.C4H5N3/c1-8-7-5-3-2-4-6-7;8-6-7-4-2-1-3-5-7;5-4-3-6-1-2-7-4/h2-6H;1-6H;1-3H,(H2,5,7). The number of nitrogens with two attached hydrogens (primary N) is 1. The van der Waals surface area contributed by atoms with Crippen LogP contribution < -0.4 is 5.73 Å². The molecule has 1 aromatic heterocycles. The molecule has 0 unspecified atom stereocenters. The maximum atomic E-state index is 10.0. The molecule has 1 heterocycles. The second kappa shape index (κ2) is 11.2. The molecule has 2 N–H and O–H groups in total. The molecule has 0 aliphatic rings. The topological polar surface area (TPSA) is 73.2 Å². The Morgan fingerprint density at radius 2 is 1.57 bits per heavy atom. The van der Waals surface area contributed by atoms with E-state index in [1.54, 1.807) is 36.7 Å². The van der Waals surface area contributed by atoms with E-state index in [4.69, 9.17) is 12.3 Å². The van der Waals surface area contributed by atoms with Gasteiger partial charge in [-0.15, -0.1) is 0 Å². The van der Waals surface area contributed by atoms with Gasteiger partial charge in [0.1, 0.15) is 12.1 Å². The number of hydrogen-bond donors (Lipinski definition) is 1. The smallest absolute Gasteiger partial charge is 0.187 e. The highest BCUT2D eigenvalue weighted by Gasteiger charge is 1.80. The third kappa shape index (κ3) is 8.38. The molecule has 0 aliphatic carbocycles. The molecular weight excluding hydrogens is 288 g/mol. The Balaban J connectivity index is 0.000000173. The van der Waals surface area contributed by atoms with Crippen molar-refractivity contribution in [3.05, 3.63) is 96.2 Å². The quantitative estimate of drug-likeness (QED) is 0.548. The summed E-state index contributed by atoms with van der Waals surface area (Å²) < 4.78 is 0. The number of carbonyl (C=O) groups is 1. The van der Waals surface area contributed by atoms with Gasteiger partial charge in [0.25, 0.3) is 0 Å². The van der Waals surface area contributed by atoms with Gasteiger partial charge < -0.3 is 5.73 Å². The van der Waals surface area contributed by atoms with Gasteiger partial charge in [-0.3, -0.25) is 9.78 Å². The van der Waals surface area contributed by atoms with Crippen LogP contribution in [0.2, 0.25) is 0 Å². The van der Waals surface area contributed by atoms with Crippen LogP contribution in [-0.4, -0.2) is 16.3 Å². The summed E-state index contributed by atoms with van der Waals surface area (Å²) in [4.78, 5) is 20.6. The Kier molecular flexibility index (Phi) is 8.52. The Morgan fingerprint density at radius 1 is 0.957 bits per heavy atom. The molecule has 23 heavy (non-hydrogen) atoms. The number of aldehydes is 1. The van der Waals surface area contributed by atoms with E-state index in [1.807, 2.05) is 36.4 Å². The minimum atomic E-state index is 0.461. The van der Waals surface area contributed by atoms with Gasteiger partial charge in [0.2, 0.25) is 0 Å². The van der Waals surface area contributed by atoms with Crippen molar-refractivity contribution >= 4 is 17.8 Å². The summed E-state index contributed by atoms with van der Waals surface area (Å²) in [6, 6.07) is 18.3. The average molecular weight is 304 g/mol. The number of carbonyl (C=O) groups excluding carboxylic acids is 1. The molecule has 3 rings (SSSR count). The average Bonchev–Trinajstić information content (AvgIpc) is 2.65. The molecule has 114 valence electrons. The lowest BCUT2D eigenvalue weighted by molar-refractivity contribution is 0.112. The van der Waals surface area contributed by atoms with E-state index >= 15 is 0 Å². The Hall–Kier alpha value is -3.52. The monoisotopic (exact) mass is 304 g/mol. The second-order valence-electron chi connectivity index (χ2n) is 4.11. The molecule has 0 fully saturated rings. The largest absolute Gasteiger partial charge is 0.382 e. The number of aromatic nitrogens is 2. The van der Waals surface area contributed by atoms with Crippen LogP contribution in [0, 0.1) is 6.57 Å². The van der Waals surface area contributed by atoms with E-state index in [0.717, 1.165) is 11.8 Å². The highest BCUT2D eigenvalue weighted by Crippen LogP contribution is 2.07. The maximum absolute atomic E-state index is 10.0. The van der Waals surface area contributed by atoms with Gasteiger partial charge in [-0.05, 0) is 0 Å². The van der Waals surface area contributed by atoms with Crippen LogP contribution in [0.3, 0.4) is 0 Å². The molecule has 0 radical (unpaired) electrons. The van der Waals surface area contributed by atoms with Gasteiger partial charge in [-0.1, -0.05) is 60.7 Å². The Bertz CT molecular complexity index is 710. The van der Waals surface area contributed by atoms with Crippen molar-refractivity contribution in [2.45, 2.75) is 0 Å². The fourth-order valence-corrected chi connectivity index (χ4v) is 1.34. The van der Waals surface area contributed by atoms with Crippen LogP contribution in [0.1, 0.15) is 10.4 Å². The van der Waals surface area contributed by atoms with Crippen molar-refractivity contribution in [2.75, 3.05) is 5.73 Å². The lowest BCUT2D eigenvalue weighted by Crippen LogP contribution is -1.87. The van der Waals surface area contributed by atoms with Crippen molar-refractivity contribution in [2.24, 2.45) is 0 Å². The van der Waals surface area contributed by atoms with Gasteiger partial charge in [-0.2, -0.15) is 0 Å². The zero-order valence-electron chi connectivity index (χ0n) is 12.4. The van der Waals surface area contributed by atoms with Crippen molar-refractivity contribution in [3.8, 4) is 0 Å². The number of para-hydroxylation sites is 1.